The first-order valence-electron chi connectivity index (χ1n) is 6.18. The highest BCUT2D eigenvalue weighted by molar-refractivity contribution is 7.99. The number of hydrogen-bond acceptors (Lipinski definition) is 3. The third-order valence-corrected chi connectivity index (χ3v) is 4.66. The first kappa shape index (κ1) is 13.8. The summed E-state index contributed by atoms with van der Waals surface area (Å²) in [4.78, 5) is 13.9. The second-order valence-electron chi connectivity index (χ2n) is 4.63. The van der Waals surface area contributed by atoms with Crippen LogP contribution in [-0.2, 0) is 4.79 Å². The summed E-state index contributed by atoms with van der Waals surface area (Å²) in [5.41, 5.74) is 5.53. The van der Waals surface area contributed by atoms with Crippen molar-refractivity contribution in [2.45, 2.75) is 44.4 Å². The fourth-order valence-electron chi connectivity index (χ4n) is 2.28. The zero-order chi connectivity index (χ0) is 12.1. The van der Waals surface area contributed by atoms with Gasteiger partial charge in [-0.2, -0.15) is 11.8 Å². The van der Waals surface area contributed by atoms with Crippen molar-refractivity contribution in [2.75, 3.05) is 19.3 Å². The van der Waals surface area contributed by atoms with Crippen molar-refractivity contribution in [3.63, 3.8) is 0 Å². The molecule has 0 radical (unpaired) electrons. The van der Waals surface area contributed by atoms with Crippen LogP contribution in [0.15, 0.2) is 0 Å². The standard InChI is InChI=1S/C12H24N2OS/c1-4-16-11-6-5-10(7-11)14(3)12(15)9(2)8-13/h9-11H,4-8,13H2,1-3H3. The second-order valence-corrected chi connectivity index (χ2v) is 6.21. The summed E-state index contributed by atoms with van der Waals surface area (Å²) in [5.74, 6) is 1.34. The van der Waals surface area contributed by atoms with E-state index in [9.17, 15) is 4.79 Å². The average Bonchev–Trinajstić information content (AvgIpc) is 2.75. The average molecular weight is 244 g/mol. The van der Waals surface area contributed by atoms with Gasteiger partial charge < -0.3 is 10.6 Å². The molecule has 0 spiro atoms. The zero-order valence-corrected chi connectivity index (χ0v) is 11.4. The molecule has 1 aliphatic carbocycles. The number of nitrogens with zero attached hydrogens (tertiary/aromatic N) is 1. The molecule has 4 heteroatoms. The minimum absolute atomic E-state index is 0.0390. The molecule has 3 unspecified atom stereocenters. The van der Waals surface area contributed by atoms with Crippen molar-refractivity contribution in [1.29, 1.82) is 0 Å². The Morgan fingerprint density at radius 3 is 2.81 bits per heavy atom. The van der Waals surface area contributed by atoms with Gasteiger partial charge in [0.15, 0.2) is 0 Å². The minimum Gasteiger partial charge on any atom is -0.342 e. The van der Waals surface area contributed by atoms with Crippen LogP contribution in [0.25, 0.3) is 0 Å². The lowest BCUT2D eigenvalue weighted by Crippen LogP contribution is -2.40. The minimum atomic E-state index is -0.0390. The van der Waals surface area contributed by atoms with Gasteiger partial charge in [-0.15, -0.1) is 0 Å². The van der Waals surface area contributed by atoms with Crippen LogP contribution in [0.4, 0.5) is 0 Å². The fraction of sp³-hybridized carbons (Fsp3) is 0.917. The Hall–Kier alpha value is -0.220. The number of rotatable bonds is 5. The van der Waals surface area contributed by atoms with Crippen LogP contribution in [-0.4, -0.2) is 41.4 Å². The predicted octanol–water partition coefficient (Wildman–Crippen LogP) is 1.71. The molecule has 0 heterocycles. The van der Waals surface area contributed by atoms with Gasteiger partial charge in [0.25, 0.3) is 0 Å². The molecule has 0 aromatic heterocycles. The Morgan fingerprint density at radius 1 is 1.56 bits per heavy atom. The van der Waals surface area contributed by atoms with E-state index in [0.717, 1.165) is 18.1 Å². The smallest absolute Gasteiger partial charge is 0.226 e. The molecule has 1 aliphatic rings. The van der Waals surface area contributed by atoms with Crippen molar-refractivity contribution in [3.05, 3.63) is 0 Å². The zero-order valence-electron chi connectivity index (χ0n) is 10.6. The van der Waals surface area contributed by atoms with Crippen LogP contribution in [0.1, 0.15) is 33.1 Å². The highest BCUT2D eigenvalue weighted by Gasteiger charge is 2.30. The van der Waals surface area contributed by atoms with Crippen molar-refractivity contribution in [3.8, 4) is 0 Å². The third kappa shape index (κ3) is 3.39. The fourth-order valence-corrected chi connectivity index (χ4v) is 3.42. The SMILES string of the molecule is CCSC1CCC(N(C)C(=O)C(C)CN)C1. The Bertz CT molecular complexity index is 235. The summed E-state index contributed by atoms with van der Waals surface area (Å²) in [6.07, 6.45) is 3.55. The topological polar surface area (TPSA) is 46.3 Å². The molecule has 1 fully saturated rings. The summed E-state index contributed by atoms with van der Waals surface area (Å²) >= 11 is 2.02. The number of amides is 1. The first-order chi connectivity index (χ1) is 7.60. The van der Waals surface area contributed by atoms with E-state index in [-0.39, 0.29) is 11.8 Å². The quantitative estimate of drug-likeness (QED) is 0.801. The van der Waals surface area contributed by atoms with Gasteiger partial charge in [0.2, 0.25) is 5.91 Å². The maximum absolute atomic E-state index is 12.0. The molecule has 0 aromatic carbocycles. The largest absolute Gasteiger partial charge is 0.342 e. The molecular formula is C12H24N2OS. The van der Waals surface area contributed by atoms with E-state index in [1.54, 1.807) is 0 Å². The third-order valence-electron chi connectivity index (χ3n) is 3.43. The van der Waals surface area contributed by atoms with Crippen LogP contribution in [0.5, 0.6) is 0 Å². The maximum Gasteiger partial charge on any atom is 0.226 e. The Balaban J connectivity index is 2.44. The highest BCUT2D eigenvalue weighted by Crippen LogP contribution is 2.32. The van der Waals surface area contributed by atoms with Crippen molar-refractivity contribution < 1.29 is 4.79 Å². The lowest BCUT2D eigenvalue weighted by Gasteiger charge is -2.27. The molecule has 3 nitrogen and oxygen atoms in total. The predicted molar refractivity (Wildman–Crippen MR) is 70.5 cm³/mol. The molecule has 0 bridgehead atoms. The number of carbonyl (C=O) groups excluding carboxylic acids is 1. The molecule has 1 saturated carbocycles. The normalized spacial score (nSPS) is 26.8. The van der Waals surface area contributed by atoms with E-state index in [2.05, 4.69) is 6.92 Å². The maximum atomic E-state index is 12.0. The van der Waals surface area contributed by atoms with E-state index in [0.29, 0.717) is 12.6 Å². The Morgan fingerprint density at radius 2 is 2.25 bits per heavy atom. The summed E-state index contributed by atoms with van der Waals surface area (Å²) < 4.78 is 0. The number of carbonyl (C=O) groups is 1. The van der Waals surface area contributed by atoms with Crippen LogP contribution in [0.3, 0.4) is 0 Å². The lowest BCUT2D eigenvalue weighted by atomic mass is 10.1. The van der Waals surface area contributed by atoms with Gasteiger partial charge in [0, 0.05) is 30.8 Å². The summed E-state index contributed by atoms with van der Waals surface area (Å²) in [6.45, 7) is 4.55. The molecule has 0 aliphatic heterocycles. The Kier molecular flexibility index (Phi) is 5.62. The van der Waals surface area contributed by atoms with Crippen LogP contribution >= 0.6 is 11.8 Å². The molecule has 0 saturated heterocycles. The molecule has 3 atom stereocenters. The molecule has 16 heavy (non-hydrogen) atoms. The van der Waals surface area contributed by atoms with Gasteiger partial charge in [-0.3, -0.25) is 4.79 Å². The molecule has 1 amide bonds. The van der Waals surface area contributed by atoms with Gasteiger partial charge in [0.1, 0.15) is 0 Å². The van der Waals surface area contributed by atoms with Crippen molar-refractivity contribution in [2.24, 2.45) is 11.7 Å². The van der Waals surface area contributed by atoms with Crippen LogP contribution in [0, 0.1) is 5.92 Å². The number of hydrogen-bond donors (Lipinski definition) is 1. The van der Waals surface area contributed by atoms with Gasteiger partial charge in [-0.1, -0.05) is 13.8 Å². The summed E-state index contributed by atoms with van der Waals surface area (Å²) in [7, 11) is 1.93. The molecule has 2 N–H and O–H groups in total. The van der Waals surface area contributed by atoms with Gasteiger partial charge in [-0.05, 0) is 25.0 Å². The summed E-state index contributed by atoms with van der Waals surface area (Å²) in [5, 5.41) is 0.749. The van der Waals surface area contributed by atoms with E-state index in [1.165, 1.54) is 12.2 Å². The van der Waals surface area contributed by atoms with Crippen LogP contribution < -0.4 is 5.73 Å². The molecule has 0 aromatic rings. The highest BCUT2D eigenvalue weighted by atomic mass is 32.2. The lowest BCUT2D eigenvalue weighted by molar-refractivity contribution is -0.135. The molecule has 1 rings (SSSR count). The van der Waals surface area contributed by atoms with Gasteiger partial charge in [-0.25, -0.2) is 0 Å². The first-order valence-corrected chi connectivity index (χ1v) is 7.23. The van der Waals surface area contributed by atoms with Crippen molar-refractivity contribution in [1.82, 2.24) is 4.90 Å². The van der Waals surface area contributed by atoms with E-state index >= 15 is 0 Å². The Labute approximate surface area is 103 Å². The van der Waals surface area contributed by atoms with E-state index in [4.69, 9.17) is 5.73 Å². The second kappa shape index (κ2) is 6.50. The molecular weight excluding hydrogens is 220 g/mol. The van der Waals surface area contributed by atoms with Crippen molar-refractivity contribution >= 4 is 17.7 Å². The van der Waals surface area contributed by atoms with Crippen LogP contribution in [0.2, 0.25) is 0 Å². The number of thioether (sulfide) groups is 1. The molecule has 94 valence electrons. The van der Waals surface area contributed by atoms with E-state index < -0.39 is 0 Å². The van der Waals surface area contributed by atoms with E-state index in [1.807, 2.05) is 30.6 Å². The monoisotopic (exact) mass is 244 g/mol. The van der Waals surface area contributed by atoms with Gasteiger partial charge >= 0.3 is 0 Å². The summed E-state index contributed by atoms with van der Waals surface area (Å²) in [6, 6.07) is 0.436. The number of nitrogens with two attached hydrogens (primary N) is 1. The van der Waals surface area contributed by atoms with Gasteiger partial charge in [0.05, 0.1) is 0 Å².